The lowest BCUT2D eigenvalue weighted by atomic mass is 10.1. The van der Waals surface area contributed by atoms with E-state index in [1.165, 1.54) is 0 Å². The van der Waals surface area contributed by atoms with Crippen LogP contribution in [0.3, 0.4) is 0 Å². The molecule has 0 unspecified atom stereocenters. The zero-order chi connectivity index (χ0) is 15.4. The Morgan fingerprint density at radius 3 is 2.76 bits per heavy atom. The summed E-state index contributed by atoms with van der Waals surface area (Å²) in [5, 5.41) is 12.8. The van der Waals surface area contributed by atoms with Crippen molar-refractivity contribution >= 4 is 11.6 Å². The number of benzene rings is 1. The Balaban J connectivity index is 1.94. The summed E-state index contributed by atoms with van der Waals surface area (Å²) in [4.78, 5) is 21.3. The fourth-order valence-electron chi connectivity index (χ4n) is 1.75. The maximum absolute atomic E-state index is 13.8. The lowest BCUT2D eigenvalue weighted by molar-refractivity contribution is -0.387. The normalized spacial score (nSPS) is 14.0. The largest absolute Gasteiger partial charge is 0.379 e. The predicted molar refractivity (Wildman–Crippen MR) is 68.9 cm³/mol. The quantitative estimate of drug-likeness (QED) is 0.474. The van der Waals surface area contributed by atoms with Crippen molar-refractivity contribution in [3.8, 4) is 0 Å². The van der Waals surface area contributed by atoms with E-state index in [0.717, 1.165) is 12.8 Å². The molecule has 0 aliphatic heterocycles. The fraction of sp³-hybridized carbons (Fsp3) is 0.462. The van der Waals surface area contributed by atoms with Gasteiger partial charge in [0.05, 0.1) is 11.5 Å². The number of nitrogens with one attached hydrogen (secondary N) is 1. The van der Waals surface area contributed by atoms with Crippen LogP contribution in [0, 0.1) is 27.7 Å². The molecule has 1 N–H and O–H groups in total. The van der Waals surface area contributed by atoms with Gasteiger partial charge in [0.1, 0.15) is 11.4 Å². The average molecular weight is 300 g/mol. The third-order valence-corrected chi connectivity index (χ3v) is 3.08. The zero-order valence-corrected chi connectivity index (χ0v) is 11.1. The summed E-state index contributed by atoms with van der Waals surface area (Å²) in [6.45, 7) is 0.906. The van der Waals surface area contributed by atoms with Crippen LogP contribution in [0.4, 0.5) is 14.5 Å². The third kappa shape index (κ3) is 3.94. The number of carbonyl (C=O) groups excluding carboxylic acids is 1. The molecular weight excluding hydrogens is 286 g/mol. The molecule has 0 heterocycles. The van der Waals surface area contributed by atoms with Gasteiger partial charge in [-0.1, -0.05) is 0 Å². The van der Waals surface area contributed by atoms with Gasteiger partial charge < -0.3 is 10.1 Å². The molecule has 0 saturated heterocycles. The minimum absolute atomic E-state index is 0.0765. The molecule has 6 nitrogen and oxygen atoms in total. The number of nitrogens with zero attached hydrogens (tertiary/aromatic N) is 1. The molecule has 1 aromatic rings. The Hall–Kier alpha value is -2.09. The van der Waals surface area contributed by atoms with Gasteiger partial charge in [0.25, 0.3) is 5.91 Å². The van der Waals surface area contributed by atoms with Crippen molar-refractivity contribution in [1.82, 2.24) is 5.32 Å². The highest BCUT2D eigenvalue weighted by Gasteiger charge is 2.26. The Kier molecular flexibility index (Phi) is 4.79. The first kappa shape index (κ1) is 15.3. The van der Waals surface area contributed by atoms with E-state index in [-0.39, 0.29) is 13.2 Å². The molecule has 0 atom stereocenters. The van der Waals surface area contributed by atoms with E-state index in [0.29, 0.717) is 24.7 Å². The summed E-state index contributed by atoms with van der Waals surface area (Å²) in [5.74, 6) is -3.08. The summed E-state index contributed by atoms with van der Waals surface area (Å²) in [6, 6.07) is 1.37. The third-order valence-electron chi connectivity index (χ3n) is 3.08. The van der Waals surface area contributed by atoms with Crippen molar-refractivity contribution in [1.29, 1.82) is 0 Å². The topological polar surface area (TPSA) is 81.5 Å². The van der Waals surface area contributed by atoms with Gasteiger partial charge in [-0.25, -0.2) is 4.39 Å². The lowest BCUT2D eigenvalue weighted by Gasteiger charge is -2.07. The van der Waals surface area contributed by atoms with Crippen molar-refractivity contribution < 1.29 is 23.2 Å². The van der Waals surface area contributed by atoms with Crippen LogP contribution in [0.2, 0.25) is 0 Å². The first-order chi connectivity index (χ1) is 10.0. The van der Waals surface area contributed by atoms with E-state index in [2.05, 4.69) is 5.32 Å². The Morgan fingerprint density at radius 2 is 2.14 bits per heavy atom. The maximum atomic E-state index is 13.8. The zero-order valence-electron chi connectivity index (χ0n) is 11.1. The minimum Gasteiger partial charge on any atom is -0.379 e. The van der Waals surface area contributed by atoms with Crippen LogP contribution in [0.5, 0.6) is 0 Å². The number of amides is 1. The molecule has 0 aromatic heterocycles. The van der Waals surface area contributed by atoms with Crippen LogP contribution in [-0.2, 0) is 4.74 Å². The number of rotatable bonds is 7. The lowest BCUT2D eigenvalue weighted by Crippen LogP contribution is -2.29. The van der Waals surface area contributed by atoms with E-state index in [9.17, 15) is 23.7 Å². The second kappa shape index (κ2) is 6.57. The smallest absolute Gasteiger partial charge is 0.305 e. The van der Waals surface area contributed by atoms with E-state index < -0.39 is 33.7 Å². The molecule has 1 aromatic carbocycles. The standard InChI is InChI=1S/C13H14F2N2O4/c14-9-3-4-10(17(19)20)12(15)11(9)13(18)16-5-6-21-7-8-1-2-8/h3-4,8H,1-2,5-7H2,(H,16,18). The second-order valence-corrected chi connectivity index (χ2v) is 4.79. The minimum atomic E-state index is -1.48. The first-order valence-corrected chi connectivity index (χ1v) is 6.49. The van der Waals surface area contributed by atoms with Crippen LogP contribution in [-0.4, -0.2) is 30.6 Å². The molecular formula is C13H14F2N2O4. The molecule has 1 aliphatic carbocycles. The van der Waals surface area contributed by atoms with Gasteiger partial charge in [-0.05, 0) is 24.8 Å². The van der Waals surface area contributed by atoms with Crippen LogP contribution in [0.15, 0.2) is 12.1 Å². The van der Waals surface area contributed by atoms with Crippen molar-refractivity contribution in [3.63, 3.8) is 0 Å². The predicted octanol–water partition coefficient (Wildman–Crippen LogP) is 2.03. The van der Waals surface area contributed by atoms with E-state index >= 15 is 0 Å². The number of hydrogen-bond acceptors (Lipinski definition) is 4. The van der Waals surface area contributed by atoms with E-state index in [4.69, 9.17) is 4.74 Å². The summed E-state index contributed by atoms with van der Waals surface area (Å²) in [7, 11) is 0. The van der Waals surface area contributed by atoms with Crippen molar-refractivity contribution in [2.24, 2.45) is 5.92 Å². The SMILES string of the molecule is O=C(NCCOCC1CC1)c1c(F)ccc([N+](=O)[O-])c1F. The van der Waals surface area contributed by atoms with Crippen molar-refractivity contribution in [2.75, 3.05) is 19.8 Å². The highest BCUT2D eigenvalue weighted by Crippen LogP contribution is 2.28. The van der Waals surface area contributed by atoms with Crippen LogP contribution in [0.25, 0.3) is 0 Å². The molecule has 2 rings (SSSR count). The second-order valence-electron chi connectivity index (χ2n) is 4.79. The summed E-state index contributed by atoms with van der Waals surface area (Å²) >= 11 is 0. The monoisotopic (exact) mass is 300 g/mol. The summed E-state index contributed by atoms with van der Waals surface area (Å²) in [6.07, 6.45) is 2.27. The Bertz CT molecular complexity index is 561. The molecule has 8 heteroatoms. The van der Waals surface area contributed by atoms with Crippen LogP contribution < -0.4 is 5.32 Å². The average Bonchev–Trinajstić information content (AvgIpc) is 3.22. The molecule has 21 heavy (non-hydrogen) atoms. The maximum Gasteiger partial charge on any atom is 0.305 e. The van der Waals surface area contributed by atoms with Crippen LogP contribution in [0.1, 0.15) is 23.2 Å². The van der Waals surface area contributed by atoms with Gasteiger partial charge in [-0.2, -0.15) is 4.39 Å². The number of hydrogen-bond donors (Lipinski definition) is 1. The number of halogens is 2. The highest BCUT2D eigenvalue weighted by molar-refractivity contribution is 5.95. The van der Waals surface area contributed by atoms with Gasteiger partial charge in [-0.3, -0.25) is 14.9 Å². The number of carbonyl (C=O) groups is 1. The van der Waals surface area contributed by atoms with Gasteiger partial charge in [0.15, 0.2) is 0 Å². The number of nitro groups is 1. The molecule has 0 radical (unpaired) electrons. The van der Waals surface area contributed by atoms with E-state index in [1.54, 1.807) is 0 Å². The molecule has 0 bridgehead atoms. The van der Waals surface area contributed by atoms with Gasteiger partial charge in [0, 0.05) is 19.2 Å². The van der Waals surface area contributed by atoms with E-state index in [1.807, 2.05) is 0 Å². The van der Waals surface area contributed by atoms with Gasteiger partial charge >= 0.3 is 5.69 Å². The molecule has 1 saturated carbocycles. The Labute approximate surface area is 119 Å². The van der Waals surface area contributed by atoms with Crippen molar-refractivity contribution in [3.05, 3.63) is 39.4 Å². The summed E-state index contributed by atoms with van der Waals surface area (Å²) < 4.78 is 32.5. The molecule has 1 aliphatic rings. The van der Waals surface area contributed by atoms with Gasteiger partial charge in [0.2, 0.25) is 5.82 Å². The number of ether oxygens (including phenoxy) is 1. The fourth-order valence-corrected chi connectivity index (χ4v) is 1.75. The Morgan fingerprint density at radius 1 is 1.43 bits per heavy atom. The summed E-state index contributed by atoms with van der Waals surface area (Å²) in [5.41, 5.74) is -1.89. The highest BCUT2D eigenvalue weighted by atomic mass is 19.1. The number of nitro benzene ring substituents is 1. The first-order valence-electron chi connectivity index (χ1n) is 6.49. The molecule has 1 amide bonds. The molecule has 0 spiro atoms. The van der Waals surface area contributed by atoms with Gasteiger partial charge in [-0.15, -0.1) is 0 Å². The molecule has 114 valence electrons. The molecule has 1 fully saturated rings. The van der Waals surface area contributed by atoms with Crippen LogP contribution >= 0.6 is 0 Å². The van der Waals surface area contributed by atoms with Crippen molar-refractivity contribution in [2.45, 2.75) is 12.8 Å².